The van der Waals surface area contributed by atoms with Crippen LogP contribution in [-0.2, 0) is 0 Å². The number of nitrogens with two attached hydrogens (primary N) is 1. The Morgan fingerprint density at radius 3 is 2.53 bits per heavy atom. The van der Waals surface area contributed by atoms with Crippen molar-refractivity contribution in [3.8, 4) is 0 Å². The first-order valence-electron chi connectivity index (χ1n) is 4.96. The van der Waals surface area contributed by atoms with Crippen LogP contribution in [0.25, 0.3) is 0 Å². The summed E-state index contributed by atoms with van der Waals surface area (Å²) in [6.45, 7) is 0.216. The van der Waals surface area contributed by atoms with Crippen molar-refractivity contribution in [3.05, 3.63) is 33.8 Å². The highest BCUT2D eigenvalue weighted by Gasteiger charge is 2.07. The van der Waals surface area contributed by atoms with Crippen molar-refractivity contribution < 1.29 is 5.11 Å². The second kappa shape index (κ2) is 6.33. The molecule has 0 spiro atoms. The average Bonchev–Trinajstić information content (AvgIpc) is 2.22. The van der Waals surface area contributed by atoms with E-state index in [1.54, 1.807) is 12.1 Å². The molecule has 3 N–H and O–H groups in total. The fraction of sp³-hybridized carbons (Fsp3) is 0.455. The van der Waals surface area contributed by atoms with Crippen LogP contribution in [0.4, 0.5) is 0 Å². The van der Waals surface area contributed by atoms with Gasteiger partial charge in [0.15, 0.2) is 0 Å². The Kier molecular flexibility index (Phi) is 5.40. The van der Waals surface area contributed by atoms with Gasteiger partial charge in [-0.1, -0.05) is 29.3 Å². The molecule has 0 radical (unpaired) electrons. The molecule has 0 aromatic heterocycles. The molecule has 1 unspecified atom stereocenters. The summed E-state index contributed by atoms with van der Waals surface area (Å²) in [6, 6.07) is 5.41. The molecule has 1 aromatic rings. The Bertz CT molecular complexity index is 317. The Labute approximate surface area is 100.0 Å². The van der Waals surface area contributed by atoms with Gasteiger partial charge in [0.25, 0.3) is 0 Å². The molecule has 0 amide bonds. The summed E-state index contributed by atoms with van der Waals surface area (Å²) in [6.07, 6.45) is 2.55. The van der Waals surface area contributed by atoms with Crippen molar-refractivity contribution in [2.45, 2.75) is 25.3 Å². The zero-order valence-electron chi connectivity index (χ0n) is 8.42. The fourth-order valence-electron chi connectivity index (χ4n) is 1.39. The van der Waals surface area contributed by atoms with Gasteiger partial charge < -0.3 is 10.8 Å². The van der Waals surface area contributed by atoms with Gasteiger partial charge in [0.05, 0.1) is 10.0 Å². The summed E-state index contributed by atoms with van der Waals surface area (Å²) in [4.78, 5) is 0. The quantitative estimate of drug-likeness (QED) is 0.786. The molecule has 0 saturated heterocycles. The minimum Gasteiger partial charge on any atom is -0.396 e. The van der Waals surface area contributed by atoms with E-state index in [0.29, 0.717) is 10.0 Å². The third kappa shape index (κ3) is 3.99. The van der Waals surface area contributed by atoms with E-state index in [4.69, 9.17) is 34.0 Å². The van der Waals surface area contributed by atoms with Crippen LogP contribution in [0, 0.1) is 0 Å². The Balaban J connectivity index is 2.57. The van der Waals surface area contributed by atoms with Gasteiger partial charge in [-0.05, 0) is 37.0 Å². The van der Waals surface area contributed by atoms with E-state index in [1.807, 2.05) is 6.07 Å². The van der Waals surface area contributed by atoms with Gasteiger partial charge in [-0.25, -0.2) is 0 Å². The van der Waals surface area contributed by atoms with Gasteiger partial charge in [0.1, 0.15) is 0 Å². The lowest BCUT2D eigenvalue weighted by atomic mass is 10.0. The van der Waals surface area contributed by atoms with Gasteiger partial charge in [-0.2, -0.15) is 0 Å². The van der Waals surface area contributed by atoms with E-state index in [2.05, 4.69) is 0 Å². The molecular formula is C11H15Cl2NO. The first kappa shape index (κ1) is 12.8. The van der Waals surface area contributed by atoms with E-state index in [0.717, 1.165) is 24.8 Å². The SMILES string of the molecule is NC(CCCCO)c1ccc(Cl)c(Cl)c1. The summed E-state index contributed by atoms with van der Waals surface area (Å²) in [7, 11) is 0. The molecule has 1 aromatic carbocycles. The van der Waals surface area contributed by atoms with Crippen LogP contribution in [0.1, 0.15) is 30.9 Å². The van der Waals surface area contributed by atoms with Crippen molar-refractivity contribution in [2.24, 2.45) is 5.73 Å². The molecule has 0 aliphatic rings. The van der Waals surface area contributed by atoms with Gasteiger partial charge in [0, 0.05) is 12.6 Å². The van der Waals surface area contributed by atoms with Crippen molar-refractivity contribution in [2.75, 3.05) is 6.61 Å². The summed E-state index contributed by atoms with van der Waals surface area (Å²) >= 11 is 11.7. The van der Waals surface area contributed by atoms with Gasteiger partial charge in [-0.3, -0.25) is 0 Å². The maximum atomic E-state index is 8.65. The van der Waals surface area contributed by atoms with E-state index in [1.165, 1.54) is 0 Å². The number of hydrogen-bond acceptors (Lipinski definition) is 2. The van der Waals surface area contributed by atoms with Crippen LogP contribution < -0.4 is 5.73 Å². The molecule has 15 heavy (non-hydrogen) atoms. The topological polar surface area (TPSA) is 46.2 Å². The first-order valence-corrected chi connectivity index (χ1v) is 5.72. The second-order valence-corrected chi connectivity index (χ2v) is 4.31. The molecule has 0 saturated carbocycles. The third-order valence-electron chi connectivity index (χ3n) is 2.30. The number of benzene rings is 1. The fourth-order valence-corrected chi connectivity index (χ4v) is 1.69. The highest BCUT2D eigenvalue weighted by atomic mass is 35.5. The Hall–Kier alpha value is -0.280. The van der Waals surface area contributed by atoms with Crippen molar-refractivity contribution >= 4 is 23.2 Å². The second-order valence-electron chi connectivity index (χ2n) is 3.50. The summed E-state index contributed by atoms with van der Waals surface area (Å²) in [5, 5.41) is 9.73. The molecular weight excluding hydrogens is 233 g/mol. The number of unbranched alkanes of at least 4 members (excludes halogenated alkanes) is 1. The normalized spacial score (nSPS) is 12.8. The number of aliphatic hydroxyl groups is 1. The monoisotopic (exact) mass is 247 g/mol. The molecule has 2 nitrogen and oxygen atoms in total. The lowest BCUT2D eigenvalue weighted by Crippen LogP contribution is -2.10. The zero-order chi connectivity index (χ0) is 11.3. The highest BCUT2D eigenvalue weighted by Crippen LogP contribution is 2.26. The molecule has 1 rings (SSSR count). The van der Waals surface area contributed by atoms with E-state index in [-0.39, 0.29) is 12.6 Å². The van der Waals surface area contributed by atoms with Crippen LogP contribution in [0.2, 0.25) is 10.0 Å². The van der Waals surface area contributed by atoms with Crippen LogP contribution in [0.15, 0.2) is 18.2 Å². The smallest absolute Gasteiger partial charge is 0.0595 e. The van der Waals surface area contributed by atoms with Crippen molar-refractivity contribution in [1.82, 2.24) is 0 Å². The van der Waals surface area contributed by atoms with Gasteiger partial charge in [0.2, 0.25) is 0 Å². The minimum atomic E-state index is -0.0358. The predicted octanol–water partition coefficient (Wildman–Crippen LogP) is 3.16. The minimum absolute atomic E-state index is 0.0358. The standard InChI is InChI=1S/C11H15Cl2NO/c12-9-5-4-8(7-10(9)13)11(14)3-1-2-6-15/h4-5,7,11,15H,1-3,6,14H2. The molecule has 1 atom stereocenters. The molecule has 0 bridgehead atoms. The van der Waals surface area contributed by atoms with Gasteiger partial charge in [-0.15, -0.1) is 0 Å². The first-order chi connectivity index (χ1) is 7.15. The zero-order valence-corrected chi connectivity index (χ0v) is 9.93. The van der Waals surface area contributed by atoms with E-state index >= 15 is 0 Å². The van der Waals surface area contributed by atoms with Crippen LogP contribution in [0.3, 0.4) is 0 Å². The van der Waals surface area contributed by atoms with Crippen LogP contribution in [0.5, 0.6) is 0 Å². The largest absolute Gasteiger partial charge is 0.396 e. The molecule has 0 aliphatic carbocycles. The number of rotatable bonds is 5. The maximum absolute atomic E-state index is 8.65. The molecule has 0 aliphatic heterocycles. The summed E-state index contributed by atoms with van der Waals surface area (Å²) < 4.78 is 0. The summed E-state index contributed by atoms with van der Waals surface area (Å²) in [5.74, 6) is 0. The van der Waals surface area contributed by atoms with Crippen molar-refractivity contribution in [1.29, 1.82) is 0 Å². The Morgan fingerprint density at radius 1 is 1.20 bits per heavy atom. The Morgan fingerprint density at radius 2 is 1.93 bits per heavy atom. The number of hydrogen-bond donors (Lipinski definition) is 2. The van der Waals surface area contributed by atoms with Crippen molar-refractivity contribution in [3.63, 3.8) is 0 Å². The molecule has 84 valence electrons. The lowest BCUT2D eigenvalue weighted by Gasteiger charge is -2.12. The number of halogens is 2. The third-order valence-corrected chi connectivity index (χ3v) is 3.03. The summed E-state index contributed by atoms with van der Waals surface area (Å²) in [5.41, 5.74) is 6.96. The van der Waals surface area contributed by atoms with E-state index < -0.39 is 0 Å². The van der Waals surface area contributed by atoms with Crippen LogP contribution in [-0.4, -0.2) is 11.7 Å². The molecule has 0 heterocycles. The number of aliphatic hydroxyl groups excluding tert-OH is 1. The highest BCUT2D eigenvalue weighted by molar-refractivity contribution is 6.42. The maximum Gasteiger partial charge on any atom is 0.0595 e. The van der Waals surface area contributed by atoms with E-state index in [9.17, 15) is 0 Å². The van der Waals surface area contributed by atoms with Crippen LogP contribution >= 0.6 is 23.2 Å². The predicted molar refractivity (Wildman–Crippen MR) is 64.3 cm³/mol. The molecule has 4 heteroatoms. The lowest BCUT2D eigenvalue weighted by molar-refractivity contribution is 0.281. The van der Waals surface area contributed by atoms with Gasteiger partial charge >= 0.3 is 0 Å². The average molecular weight is 248 g/mol. The molecule has 0 fully saturated rings.